The van der Waals surface area contributed by atoms with Gasteiger partial charge in [-0.1, -0.05) is 41.0 Å². The van der Waals surface area contributed by atoms with Gasteiger partial charge < -0.3 is 5.32 Å². The molecule has 1 aliphatic heterocycles. The lowest BCUT2D eigenvalue weighted by Crippen LogP contribution is -2.44. The second-order valence-electron chi connectivity index (χ2n) is 7.09. The minimum atomic E-state index is 0.0377. The number of carbonyl (C=O) groups excluding carboxylic acids is 1. The Balaban J connectivity index is 1.41. The van der Waals surface area contributed by atoms with Crippen LogP contribution in [0.1, 0.15) is 29.8 Å². The Bertz CT molecular complexity index is 821. The van der Waals surface area contributed by atoms with Gasteiger partial charge in [0.25, 0.3) is 0 Å². The van der Waals surface area contributed by atoms with E-state index >= 15 is 0 Å². The molecule has 28 heavy (non-hydrogen) atoms. The first kappa shape index (κ1) is 21.4. The number of nitrogens with zero attached hydrogens (tertiary/aromatic N) is 3. The number of hydrogen-bond acceptors (Lipinski definition) is 5. The van der Waals surface area contributed by atoms with Crippen LogP contribution in [0.15, 0.2) is 29.4 Å². The third kappa shape index (κ3) is 6.34. The second-order valence-corrected chi connectivity index (χ2v) is 8.85. The SMILES string of the molecule is Cc1cc(C)nc(SCC(=O)NC2CCN(Cc3ccc(Cl)c(Cl)c3)CC2)n1. The molecule has 0 saturated carbocycles. The average molecular weight is 439 g/mol. The number of carbonyl (C=O) groups is 1. The van der Waals surface area contributed by atoms with Crippen LogP contribution in [-0.4, -0.2) is 45.7 Å². The Labute approximate surface area is 180 Å². The molecule has 0 spiro atoms. The average Bonchev–Trinajstić information content (AvgIpc) is 2.64. The van der Waals surface area contributed by atoms with Crippen LogP contribution in [0.2, 0.25) is 10.0 Å². The number of hydrogen-bond donors (Lipinski definition) is 1. The van der Waals surface area contributed by atoms with Gasteiger partial charge >= 0.3 is 0 Å². The van der Waals surface area contributed by atoms with Crippen LogP contribution < -0.4 is 5.32 Å². The summed E-state index contributed by atoms with van der Waals surface area (Å²) in [6.45, 7) is 6.60. The molecule has 0 atom stereocenters. The third-order valence-corrected chi connectivity index (χ3v) is 6.22. The molecule has 1 saturated heterocycles. The van der Waals surface area contributed by atoms with Gasteiger partial charge in [0.15, 0.2) is 5.16 Å². The van der Waals surface area contributed by atoms with Crippen molar-refractivity contribution in [1.29, 1.82) is 0 Å². The minimum absolute atomic E-state index is 0.0377. The lowest BCUT2D eigenvalue weighted by molar-refractivity contribution is -0.119. The minimum Gasteiger partial charge on any atom is -0.353 e. The largest absolute Gasteiger partial charge is 0.353 e. The van der Waals surface area contributed by atoms with Crippen molar-refractivity contribution in [3.05, 3.63) is 51.3 Å². The summed E-state index contributed by atoms with van der Waals surface area (Å²) in [6.07, 6.45) is 1.88. The van der Waals surface area contributed by atoms with Gasteiger partial charge in [-0.15, -0.1) is 0 Å². The highest BCUT2D eigenvalue weighted by Gasteiger charge is 2.21. The summed E-state index contributed by atoms with van der Waals surface area (Å²) in [7, 11) is 0. The van der Waals surface area contributed by atoms with E-state index in [1.165, 1.54) is 11.8 Å². The topological polar surface area (TPSA) is 58.1 Å². The molecule has 1 aliphatic rings. The molecule has 0 bridgehead atoms. The van der Waals surface area contributed by atoms with Gasteiger partial charge in [0, 0.05) is 37.1 Å². The zero-order valence-corrected chi connectivity index (χ0v) is 18.4. The van der Waals surface area contributed by atoms with Crippen molar-refractivity contribution in [1.82, 2.24) is 20.2 Å². The predicted octanol–water partition coefficient (Wildman–Crippen LogP) is 4.27. The van der Waals surface area contributed by atoms with Crippen LogP contribution in [0.4, 0.5) is 0 Å². The second kappa shape index (κ2) is 9.92. The number of benzene rings is 1. The summed E-state index contributed by atoms with van der Waals surface area (Å²) in [5, 5.41) is 4.96. The fourth-order valence-corrected chi connectivity index (χ4v) is 4.37. The van der Waals surface area contributed by atoms with Gasteiger partial charge in [-0.25, -0.2) is 9.97 Å². The summed E-state index contributed by atoms with van der Waals surface area (Å²) in [5.74, 6) is 0.377. The van der Waals surface area contributed by atoms with E-state index in [0.29, 0.717) is 21.0 Å². The highest BCUT2D eigenvalue weighted by atomic mass is 35.5. The molecule has 1 aromatic carbocycles. The molecule has 5 nitrogen and oxygen atoms in total. The fraction of sp³-hybridized carbons (Fsp3) is 0.450. The van der Waals surface area contributed by atoms with Crippen LogP contribution in [0.25, 0.3) is 0 Å². The summed E-state index contributed by atoms with van der Waals surface area (Å²) < 4.78 is 0. The van der Waals surface area contributed by atoms with Gasteiger partial charge in [-0.3, -0.25) is 9.69 Å². The molecule has 3 rings (SSSR count). The molecule has 8 heteroatoms. The molecule has 0 radical (unpaired) electrons. The van der Waals surface area contributed by atoms with Crippen molar-refractivity contribution < 1.29 is 4.79 Å². The number of aromatic nitrogens is 2. The Kier molecular flexibility index (Phi) is 7.57. The van der Waals surface area contributed by atoms with E-state index in [-0.39, 0.29) is 11.9 Å². The maximum absolute atomic E-state index is 12.3. The molecule has 0 unspecified atom stereocenters. The Morgan fingerprint density at radius 3 is 2.46 bits per heavy atom. The predicted molar refractivity (Wildman–Crippen MR) is 115 cm³/mol. The highest BCUT2D eigenvalue weighted by Crippen LogP contribution is 2.24. The Morgan fingerprint density at radius 2 is 1.82 bits per heavy atom. The molecule has 0 aliphatic carbocycles. The lowest BCUT2D eigenvalue weighted by Gasteiger charge is -2.32. The number of thioether (sulfide) groups is 1. The van der Waals surface area contributed by atoms with E-state index in [2.05, 4.69) is 20.2 Å². The van der Waals surface area contributed by atoms with Crippen molar-refractivity contribution in [2.75, 3.05) is 18.8 Å². The van der Waals surface area contributed by atoms with E-state index in [1.54, 1.807) is 0 Å². The van der Waals surface area contributed by atoms with Crippen molar-refractivity contribution in [3.63, 3.8) is 0 Å². The highest BCUT2D eigenvalue weighted by molar-refractivity contribution is 7.99. The van der Waals surface area contributed by atoms with Crippen LogP contribution in [0, 0.1) is 13.8 Å². The quantitative estimate of drug-likeness (QED) is 0.538. The standard InChI is InChI=1S/C20H24Cl2N4OS/c1-13-9-14(2)24-20(23-13)28-12-19(27)25-16-5-7-26(8-6-16)11-15-3-4-17(21)18(22)10-15/h3-4,9-10,16H,5-8,11-12H2,1-2H3,(H,25,27). The zero-order chi connectivity index (χ0) is 20.1. The first-order valence-electron chi connectivity index (χ1n) is 9.30. The number of halogens is 2. The maximum atomic E-state index is 12.3. The number of nitrogens with one attached hydrogen (secondary N) is 1. The van der Waals surface area contributed by atoms with E-state index in [0.717, 1.165) is 49.4 Å². The molecular formula is C20H24Cl2N4OS. The Morgan fingerprint density at radius 1 is 1.14 bits per heavy atom. The van der Waals surface area contributed by atoms with Gasteiger partial charge in [0.05, 0.1) is 15.8 Å². The normalized spacial score (nSPS) is 15.6. The van der Waals surface area contributed by atoms with Crippen molar-refractivity contribution in [2.24, 2.45) is 0 Å². The van der Waals surface area contributed by atoms with Gasteiger partial charge in [0.1, 0.15) is 0 Å². The van der Waals surface area contributed by atoms with Crippen molar-refractivity contribution in [3.8, 4) is 0 Å². The van der Waals surface area contributed by atoms with Gasteiger partial charge in [-0.05, 0) is 50.5 Å². The smallest absolute Gasteiger partial charge is 0.230 e. The first-order valence-corrected chi connectivity index (χ1v) is 11.0. The van der Waals surface area contributed by atoms with Crippen LogP contribution in [0.5, 0.6) is 0 Å². The van der Waals surface area contributed by atoms with Gasteiger partial charge in [-0.2, -0.15) is 0 Å². The number of likely N-dealkylation sites (tertiary alicyclic amines) is 1. The summed E-state index contributed by atoms with van der Waals surface area (Å²) in [6, 6.07) is 7.91. The van der Waals surface area contributed by atoms with E-state index in [9.17, 15) is 4.79 Å². The van der Waals surface area contributed by atoms with Crippen LogP contribution in [0.3, 0.4) is 0 Å². The van der Waals surface area contributed by atoms with Crippen LogP contribution >= 0.6 is 35.0 Å². The van der Waals surface area contributed by atoms with E-state index in [1.807, 2.05) is 38.1 Å². The molecule has 1 fully saturated rings. The van der Waals surface area contributed by atoms with Crippen molar-refractivity contribution >= 4 is 40.9 Å². The zero-order valence-electron chi connectivity index (χ0n) is 16.0. The molecule has 150 valence electrons. The molecular weight excluding hydrogens is 415 g/mol. The van der Waals surface area contributed by atoms with Gasteiger partial charge in [0.2, 0.25) is 5.91 Å². The van der Waals surface area contributed by atoms with Crippen molar-refractivity contribution in [2.45, 2.75) is 44.4 Å². The number of piperidine rings is 1. The molecule has 1 N–H and O–H groups in total. The number of amides is 1. The number of rotatable bonds is 6. The molecule has 1 aromatic heterocycles. The summed E-state index contributed by atoms with van der Waals surface area (Å²) >= 11 is 13.5. The molecule has 2 aromatic rings. The maximum Gasteiger partial charge on any atom is 0.230 e. The molecule has 2 heterocycles. The molecule has 1 amide bonds. The fourth-order valence-electron chi connectivity index (χ4n) is 3.29. The Hall–Kier alpha value is -1.34. The monoisotopic (exact) mass is 438 g/mol. The first-order chi connectivity index (χ1) is 13.4. The van der Waals surface area contributed by atoms with Crippen LogP contribution in [-0.2, 0) is 11.3 Å². The van der Waals surface area contributed by atoms with E-state index in [4.69, 9.17) is 23.2 Å². The number of aryl methyl sites for hydroxylation is 2. The summed E-state index contributed by atoms with van der Waals surface area (Å²) in [4.78, 5) is 23.4. The lowest BCUT2D eigenvalue weighted by atomic mass is 10.0. The summed E-state index contributed by atoms with van der Waals surface area (Å²) in [5.41, 5.74) is 3.00. The van der Waals surface area contributed by atoms with E-state index < -0.39 is 0 Å². The third-order valence-electron chi connectivity index (χ3n) is 4.64.